The highest BCUT2D eigenvalue weighted by Gasteiger charge is 2.56. The molecule has 3 N–H and O–H groups in total. The second-order valence-corrected chi connectivity index (χ2v) is 8.54. The summed E-state index contributed by atoms with van der Waals surface area (Å²) in [6.07, 6.45) is 3.87. The van der Waals surface area contributed by atoms with E-state index in [-0.39, 0.29) is 17.9 Å². The summed E-state index contributed by atoms with van der Waals surface area (Å²) in [5.74, 6) is -0.916. The van der Waals surface area contributed by atoms with E-state index in [4.69, 9.17) is 14.2 Å². The minimum absolute atomic E-state index is 0.185. The molecule has 2 amide bonds. The summed E-state index contributed by atoms with van der Waals surface area (Å²) in [5.41, 5.74) is 1.67. The molecule has 3 fully saturated rings. The summed E-state index contributed by atoms with van der Waals surface area (Å²) < 4.78 is 19.3. The van der Waals surface area contributed by atoms with Crippen molar-refractivity contribution in [3.8, 4) is 0 Å². The minimum atomic E-state index is -1.23. The zero-order valence-corrected chi connectivity index (χ0v) is 18.4. The summed E-state index contributed by atoms with van der Waals surface area (Å²) in [6.45, 7) is 0. The number of fused-ring (bicyclic) bond motifs is 2. The lowest BCUT2D eigenvalue weighted by molar-refractivity contribution is -0.166. The summed E-state index contributed by atoms with van der Waals surface area (Å²) >= 11 is 0. The zero-order chi connectivity index (χ0) is 23.9. The van der Waals surface area contributed by atoms with Crippen LogP contribution in [0.15, 0.2) is 49.1 Å². The Morgan fingerprint density at radius 3 is 2.63 bits per heavy atom. The van der Waals surface area contributed by atoms with E-state index in [0.717, 1.165) is 18.4 Å². The Kier molecular flexibility index (Phi) is 5.40. The number of amides is 2. The number of imidazole rings is 1. The predicted molar refractivity (Wildman–Crippen MR) is 121 cm³/mol. The molecule has 1 aromatic carbocycles. The third-order valence-corrected chi connectivity index (χ3v) is 6.04. The van der Waals surface area contributed by atoms with Crippen LogP contribution in [-0.2, 0) is 19.0 Å². The monoisotopic (exact) mass is 478 g/mol. The van der Waals surface area contributed by atoms with Gasteiger partial charge in [-0.15, -0.1) is 0 Å². The Balaban J connectivity index is 1.26. The Labute approximate surface area is 198 Å². The number of aromatic nitrogens is 4. The van der Waals surface area contributed by atoms with Crippen molar-refractivity contribution in [3.63, 3.8) is 0 Å². The number of carbonyl (C=O) groups excluding carboxylic acids is 1. The van der Waals surface area contributed by atoms with E-state index < -0.39 is 36.8 Å². The maximum Gasteiger partial charge on any atom is 0.335 e. The molecular weight excluding hydrogens is 456 g/mol. The number of ether oxygens (including phenoxy) is 3. The molecule has 4 heterocycles. The summed E-state index contributed by atoms with van der Waals surface area (Å²) in [5, 5.41) is 15.2. The van der Waals surface area contributed by atoms with Gasteiger partial charge in [-0.05, 0) is 24.5 Å². The van der Waals surface area contributed by atoms with Crippen molar-refractivity contribution >= 4 is 35.1 Å². The molecule has 180 valence electrons. The minimum Gasteiger partial charge on any atom is -0.479 e. The molecule has 5 unspecified atom stereocenters. The SMILES string of the molecule is O=C(Nc1ncnc2c1ncn2C1OC(C(=O)O)C2OC(/C=C/c3ccccc3)OC21)NC1CC1. The molecule has 12 nitrogen and oxygen atoms in total. The quantitative estimate of drug-likeness (QED) is 0.483. The molecule has 2 saturated heterocycles. The van der Waals surface area contributed by atoms with E-state index >= 15 is 0 Å². The smallest absolute Gasteiger partial charge is 0.335 e. The lowest BCUT2D eigenvalue weighted by atomic mass is 10.1. The van der Waals surface area contributed by atoms with E-state index in [1.165, 1.54) is 12.7 Å². The molecule has 1 saturated carbocycles. The fraction of sp³-hybridized carbons (Fsp3) is 0.348. The average Bonchev–Trinajstić information content (AvgIpc) is 3.25. The highest BCUT2D eigenvalue weighted by molar-refractivity contribution is 5.96. The summed E-state index contributed by atoms with van der Waals surface area (Å²) in [4.78, 5) is 36.8. The molecule has 0 radical (unpaired) electrons. The number of carboxylic acid groups (broad SMARTS) is 1. The third kappa shape index (κ3) is 4.22. The number of hydrogen-bond donors (Lipinski definition) is 3. The van der Waals surface area contributed by atoms with Crippen molar-refractivity contribution in [1.82, 2.24) is 24.8 Å². The largest absolute Gasteiger partial charge is 0.479 e. The molecular formula is C23H22N6O6. The van der Waals surface area contributed by atoms with Crippen LogP contribution >= 0.6 is 0 Å². The van der Waals surface area contributed by atoms with E-state index in [1.54, 1.807) is 10.6 Å². The normalized spacial score (nSPS) is 27.8. The maximum atomic E-state index is 12.2. The van der Waals surface area contributed by atoms with Gasteiger partial charge in [-0.25, -0.2) is 24.5 Å². The Morgan fingerprint density at radius 2 is 1.86 bits per heavy atom. The first-order chi connectivity index (χ1) is 17.1. The maximum absolute atomic E-state index is 12.2. The molecule has 2 aromatic heterocycles. The van der Waals surface area contributed by atoms with Crippen LogP contribution in [0.4, 0.5) is 10.6 Å². The van der Waals surface area contributed by atoms with Crippen LogP contribution in [0.3, 0.4) is 0 Å². The number of carboxylic acids is 1. The van der Waals surface area contributed by atoms with Gasteiger partial charge in [0.2, 0.25) is 0 Å². The number of nitrogens with one attached hydrogen (secondary N) is 2. The van der Waals surface area contributed by atoms with Gasteiger partial charge in [-0.1, -0.05) is 36.4 Å². The molecule has 2 aliphatic heterocycles. The second-order valence-electron chi connectivity index (χ2n) is 8.54. The first-order valence-electron chi connectivity index (χ1n) is 11.2. The Morgan fingerprint density at radius 1 is 1.06 bits per heavy atom. The van der Waals surface area contributed by atoms with E-state index in [2.05, 4.69) is 25.6 Å². The van der Waals surface area contributed by atoms with Gasteiger partial charge in [-0.3, -0.25) is 9.88 Å². The van der Waals surface area contributed by atoms with E-state index in [0.29, 0.717) is 11.2 Å². The van der Waals surface area contributed by atoms with Crippen molar-refractivity contribution in [2.75, 3.05) is 5.32 Å². The van der Waals surface area contributed by atoms with Gasteiger partial charge in [0.15, 0.2) is 35.6 Å². The number of aliphatic carboxylic acids is 1. The molecule has 0 spiro atoms. The van der Waals surface area contributed by atoms with Crippen molar-refractivity contribution in [2.45, 2.75) is 49.7 Å². The standard InChI is InChI=1S/C23H22N6O6/c30-22(31)18-16-17(34-14(33-16)9-6-12-4-2-1-3-5-12)21(35-18)29-11-26-15-19(24-10-25-20(15)29)28-23(32)27-13-7-8-13/h1-6,9-11,13-14,16-18,21H,7-8H2,(H,30,31)(H2,24,25,27,28,32)/b9-6+. The molecule has 0 bridgehead atoms. The van der Waals surface area contributed by atoms with Gasteiger partial charge in [-0.2, -0.15) is 0 Å². The number of urea groups is 1. The van der Waals surface area contributed by atoms with Crippen molar-refractivity contribution in [3.05, 3.63) is 54.6 Å². The fourth-order valence-electron chi connectivity index (χ4n) is 4.23. The number of rotatable bonds is 6. The van der Waals surface area contributed by atoms with Crippen LogP contribution in [0.2, 0.25) is 0 Å². The van der Waals surface area contributed by atoms with Crippen LogP contribution in [0.25, 0.3) is 17.2 Å². The zero-order valence-electron chi connectivity index (χ0n) is 18.4. The number of anilines is 1. The highest BCUT2D eigenvalue weighted by atomic mass is 16.8. The predicted octanol–water partition coefficient (Wildman–Crippen LogP) is 1.92. The molecule has 1 aliphatic carbocycles. The van der Waals surface area contributed by atoms with Crippen molar-refractivity contribution in [2.24, 2.45) is 0 Å². The number of hydrogen-bond acceptors (Lipinski definition) is 8. The molecule has 3 aromatic rings. The van der Waals surface area contributed by atoms with Gasteiger partial charge in [0.05, 0.1) is 6.33 Å². The van der Waals surface area contributed by atoms with E-state index in [1.807, 2.05) is 36.4 Å². The summed E-state index contributed by atoms with van der Waals surface area (Å²) in [6, 6.07) is 9.44. The van der Waals surface area contributed by atoms with Crippen molar-refractivity contribution < 1.29 is 28.9 Å². The first kappa shape index (κ1) is 21.6. The van der Waals surface area contributed by atoms with Gasteiger partial charge in [0.25, 0.3) is 0 Å². The molecule has 3 aliphatic rings. The van der Waals surface area contributed by atoms with Crippen LogP contribution in [-0.4, -0.2) is 67.3 Å². The lowest BCUT2D eigenvalue weighted by Gasteiger charge is -2.19. The molecule has 5 atom stereocenters. The summed E-state index contributed by atoms with van der Waals surface area (Å²) in [7, 11) is 0. The second kappa shape index (κ2) is 8.73. The van der Waals surface area contributed by atoms with Crippen LogP contribution < -0.4 is 10.6 Å². The molecule has 12 heteroatoms. The van der Waals surface area contributed by atoms with Gasteiger partial charge < -0.3 is 24.6 Å². The fourth-order valence-corrected chi connectivity index (χ4v) is 4.23. The topological polar surface area (TPSA) is 150 Å². The molecule has 35 heavy (non-hydrogen) atoms. The van der Waals surface area contributed by atoms with Crippen LogP contribution in [0.5, 0.6) is 0 Å². The average molecular weight is 478 g/mol. The molecule has 6 rings (SSSR count). The van der Waals surface area contributed by atoms with Crippen LogP contribution in [0, 0.1) is 0 Å². The van der Waals surface area contributed by atoms with Gasteiger partial charge >= 0.3 is 12.0 Å². The van der Waals surface area contributed by atoms with Crippen LogP contribution in [0.1, 0.15) is 24.6 Å². The van der Waals surface area contributed by atoms with E-state index in [9.17, 15) is 14.7 Å². The third-order valence-electron chi connectivity index (χ3n) is 6.04. The lowest BCUT2D eigenvalue weighted by Crippen LogP contribution is -2.34. The number of carbonyl (C=O) groups is 2. The van der Waals surface area contributed by atoms with Gasteiger partial charge in [0.1, 0.15) is 18.5 Å². The first-order valence-corrected chi connectivity index (χ1v) is 11.2. The highest BCUT2D eigenvalue weighted by Crippen LogP contribution is 2.41. The Hall–Kier alpha value is -3.87. The number of benzene rings is 1. The Bertz CT molecular complexity index is 1290. The number of nitrogens with zero attached hydrogens (tertiary/aromatic N) is 4. The van der Waals surface area contributed by atoms with Crippen molar-refractivity contribution in [1.29, 1.82) is 0 Å². The van der Waals surface area contributed by atoms with Gasteiger partial charge in [0, 0.05) is 6.04 Å².